The molecule has 27 heavy (non-hydrogen) atoms. The summed E-state index contributed by atoms with van der Waals surface area (Å²) in [6.07, 6.45) is 0. The second-order valence-corrected chi connectivity index (χ2v) is 7.70. The van der Waals surface area contributed by atoms with Gasteiger partial charge in [0.1, 0.15) is 10.8 Å². The van der Waals surface area contributed by atoms with Gasteiger partial charge in [0.15, 0.2) is 0 Å². The minimum Gasteiger partial charge on any atom is -0.508 e. The summed E-state index contributed by atoms with van der Waals surface area (Å²) in [5.41, 5.74) is 6.72. The lowest BCUT2D eigenvalue weighted by Crippen LogP contribution is -1.80. The lowest BCUT2D eigenvalue weighted by atomic mass is 10.1. The maximum atomic E-state index is 9.63. The Kier molecular flexibility index (Phi) is 4.46. The van der Waals surface area contributed by atoms with Gasteiger partial charge < -0.3 is 5.11 Å². The molecule has 0 aliphatic carbocycles. The minimum absolute atomic E-state index is 0.249. The Hall–Kier alpha value is -3.05. The van der Waals surface area contributed by atoms with Crippen LogP contribution in [0.15, 0.2) is 64.8 Å². The van der Waals surface area contributed by atoms with Gasteiger partial charge in [0.2, 0.25) is 0 Å². The lowest BCUT2D eigenvalue weighted by Gasteiger charge is -2.04. The van der Waals surface area contributed by atoms with Crippen LogP contribution in [-0.4, -0.2) is 10.1 Å². The zero-order valence-corrected chi connectivity index (χ0v) is 16.2. The first-order valence-electron chi connectivity index (χ1n) is 8.69. The number of thiazole rings is 1. The predicted octanol–water partition coefficient (Wildman–Crippen LogP) is 7.01. The standard InChI is InChI=1S/C22H19N3OS/c1-13-4-9-19-20(10-13)27-22(23-19)16-5-7-17(8-6-16)24-25-21-14(2)11-18(26)12-15(21)3/h4-12,26H,1-3H3. The normalized spacial score (nSPS) is 11.5. The number of rotatable bonds is 3. The highest BCUT2D eigenvalue weighted by Gasteiger charge is 2.07. The predicted molar refractivity (Wildman–Crippen MR) is 112 cm³/mol. The summed E-state index contributed by atoms with van der Waals surface area (Å²) in [7, 11) is 0. The van der Waals surface area contributed by atoms with Crippen LogP contribution >= 0.6 is 11.3 Å². The van der Waals surface area contributed by atoms with E-state index in [2.05, 4.69) is 35.4 Å². The van der Waals surface area contributed by atoms with E-state index in [-0.39, 0.29) is 5.75 Å². The van der Waals surface area contributed by atoms with Gasteiger partial charge in [-0.15, -0.1) is 11.3 Å². The lowest BCUT2D eigenvalue weighted by molar-refractivity contribution is 0.474. The fourth-order valence-corrected chi connectivity index (χ4v) is 4.09. The highest BCUT2D eigenvalue weighted by atomic mass is 32.1. The molecule has 0 atom stereocenters. The summed E-state index contributed by atoms with van der Waals surface area (Å²) in [6.45, 7) is 5.92. The van der Waals surface area contributed by atoms with Gasteiger partial charge in [-0.2, -0.15) is 10.2 Å². The van der Waals surface area contributed by atoms with Gasteiger partial charge in [-0.25, -0.2) is 4.98 Å². The van der Waals surface area contributed by atoms with Crippen LogP contribution in [0.4, 0.5) is 11.4 Å². The molecule has 4 aromatic rings. The van der Waals surface area contributed by atoms with Crippen LogP contribution < -0.4 is 0 Å². The molecule has 5 heteroatoms. The number of phenolic OH excluding ortho intramolecular Hbond substituents is 1. The van der Waals surface area contributed by atoms with Crippen molar-refractivity contribution in [3.63, 3.8) is 0 Å². The van der Waals surface area contributed by atoms with Gasteiger partial charge in [-0.1, -0.05) is 6.07 Å². The largest absolute Gasteiger partial charge is 0.508 e. The first-order valence-corrected chi connectivity index (χ1v) is 9.51. The third-order valence-electron chi connectivity index (χ3n) is 4.40. The number of nitrogens with zero attached hydrogens (tertiary/aromatic N) is 3. The smallest absolute Gasteiger partial charge is 0.124 e. The molecule has 4 nitrogen and oxygen atoms in total. The first-order chi connectivity index (χ1) is 13.0. The van der Waals surface area contributed by atoms with Gasteiger partial charge in [0.05, 0.1) is 21.6 Å². The Morgan fingerprint density at radius 2 is 1.56 bits per heavy atom. The molecule has 0 spiro atoms. The summed E-state index contributed by atoms with van der Waals surface area (Å²) >= 11 is 1.70. The van der Waals surface area contributed by atoms with E-state index >= 15 is 0 Å². The molecule has 0 radical (unpaired) electrons. The Balaban J connectivity index is 1.60. The summed E-state index contributed by atoms with van der Waals surface area (Å²) < 4.78 is 1.20. The molecule has 4 rings (SSSR count). The summed E-state index contributed by atoms with van der Waals surface area (Å²) in [5.74, 6) is 0.249. The number of azo groups is 1. The van der Waals surface area contributed by atoms with Crippen molar-refractivity contribution >= 4 is 32.9 Å². The molecule has 134 valence electrons. The molecule has 0 unspecified atom stereocenters. The Labute approximate surface area is 161 Å². The first kappa shape index (κ1) is 17.4. The average molecular weight is 373 g/mol. The van der Waals surface area contributed by atoms with Gasteiger partial charge in [-0.3, -0.25) is 0 Å². The minimum atomic E-state index is 0.249. The molecular formula is C22H19N3OS. The SMILES string of the molecule is Cc1ccc2nc(-c3ccc(N=Nc4c(C)cc(O)cc4C)cc3)sc2c1. The number of benzene rings is 3. The highest BCUT2D eigenvalue weighted by Crippen LogP contribution is 2.33. The van der Waals surface area contributed by atoms with E-state index in [4.69, 9.17) is 4.98 Å². The number of phenols is 1. The molecule has 0 aliphatic rings. The Morgan fingerprint density at radius 1 is 0.852 bits per heavy atom. The second kappa shape index (κ2) is 6.93. The zero-order valence-electron chi connectivity index (χ0n) is 15.4. The van der Waals surface area contributed by atoms with E-state index in [0.717, 1.165) is 38.6 Å². The fourth-order valence-electron chi connectivity index (χ4n) is 3.02. The molecule has 3 aromatic carbocycles. The van der Waals surface area contributed by atoms with Crippen molar-refractivity contribution < 1.29 is 5.11 Å². The van der Waals surface area contributed by atoms with Crippen LogP contribution in [-0.2, 0) is 0 Å². The molecule has 1 heterocycles. The average Bonchev–Trinajstić information content (AvgIpc) is 3.04. The number of aryl methyl sites for hydroxylation is 3. The Bertz CT molecular complexity index is 1140. The van der Waals surface area contributed by atoms with Crippen molar-refractivity contribution in [1.29, 1.82) is 0 Å². The van der Waals surface area contributed by atoms with Gasteiger partial charge in [0.25, 0.3) is 0 Å². The summed E-state index contributed by atoms with van der Waals surface area (Å²) in [4.78, 5) is 4.72. The van der Waals surface area contributed by atoms with Crippen LogP contribution in [0, 0.1) is 20.8 Å². The van der Waals surface area contributed by atoms with Crippen molar-refractivity contribution in [3.8, 4) is 16.3 Å². The van der Waals surface area contributed by atoms with Crippen LogP contribution in [0.5, 0.6) is 5.75 Å². The molecule has 1 aromatic heterocycles. The topological polar surface area (TPSA) is 57.8 Å². The van der Waals surface area contributed by atoms with Gasteiger partial charge in [-0.05, 0) is 86.0 Å². The van der Waals surface area contributed by atoms with Crippen LogP contribution in [0.2, 0.25) is 0 Å². The fraction of sp³-hybridized carbons (Fsp3) is 0.136. The maximum Gasteiger partial charge on any atom is 0.124 e. The van der Waals surface area contributed by atoms with Crippen molar-refractivity contribution in [1.82, 2.24) is 4.98 Å². The van der Waals surface area contributed by atoms with Crippen LogP contribution in [0.3, 0.4) is 0 Å². The highest BCUT2D eigenvalue weighted by molar-refractivity contribution is 7.21. The van der Waals surface area contributed by atoms with Gasteiger partial charge >= 0.3 is 0 Å². The zero-order chi connectivity index (χ0) is 19.0. The number of aromatic hydroxyl groups is 1. The molecular weight excluding hydrogens is 354 g/mol. The van der Waals surface area contributed by atoms with E-state index in [1.807, 2.05) is 38.1 Å². The molecule has 0 saturated carbocycles. The molecule has 1 N–H and O–H groups in total. The van der Waals surface area contributed by atoms with E-state index in [1.54, 1.807) is 23.5 Å². The van der Waals surface area contributed by atoms with E-state index < -0.39 is 0 Å². The van der Waals surface area contributed by atoms with Crippen molar-refractivity contribution in [2.75, 3.05) is 0 Å². The third-order valence-corrected chi connectivity index (χ3v) is 5.47. The van der Waals surface area contributed by atoms with E-state index in [0.29, 0.717) is 0 Å². The molecule has 0 aliphatic heterocycles. The quantitative estimate of drug-likeness (QED) is 0.393. The number of hydrogen-bond donors (Lipinski definition) is 1. The van der Waals surface area contributed by atoms with Gasteiger partial charge in [0, 0.05) is 5.56 Å². The number of hydrogen-bond acceptors (Lipinski definition) is 5. The Morgan fingerprint density at radius 3 is 2.26 bits per heavy atom. The number of fused-ring (bicyclic) bond motifs is 1. The van der Waals surface area contributed by atoms with E-state index in [9.17, 15) is 5.11 Å². The molecule has 0 bridgehead atoms. The summed E-state index contributed by atoms with van der Waals surface area (Å²) in [6, 6.07) is 17.6. The third kappa shape index (κ3) is 3.59. The number of aromatic nitrogens is 1. The van der Waals surface area contributed by atoms with Crippen molar-refractivity contribution in [2.24, 2.45) is 10.2 Å². The van der Waals surface area contributed by atoms with E-state index in [1.165, 1.54) is 10.3 Å². The van der Waals surface area contributed by atoms with Crippen LogP contribution in [0.1, 0.15) is 16.7 Å². The molecule has 0 saturated heterocycles. The monoisotopic (exact) mass is 373 g/mol. The molecule has 0 fully saturated rings. The second-order valence-electron chi connectivity index (χ2n) is 6.67. The van der Waals surface area contributed by atoms with Crippen molar-refractivity contribution in [2.45, 2.75) is 20.8 Å². The van der Waals surface area contributed by atoms with Crippen molar-refractivity contribution in [3.05, 3.63) is 71.3 Å². The molecule has 0 amide bonds. The van der Waals surface area contributed by atoms with Crippen LogP contribution in [0.25, 0.3) is 20.8 Å². The summed E-state index contributed by atoms with van der Waals surface area (Å²) in [5, 5.41) is 19.3. The maximum absolute atomic E-state index is 9.63.